The quantitative estimate of drug-likeness (QED) is 0.909. The van der Waals surface area contributed by atoms with Gasteiger partial charge in [-0.2, -0.15) is 0 Å². The average Bonchev–Trinajstić information content (AvgIpc) is 2.86. The zero-order valence-corrected chi connectivity index (χ0v) is 13.8. The summed E-state index contributed by atoms with van der Waals surface area (Å²) in [5.74, 6) is 0.882. The van der Waals surface area contributed by atoms with Gasteiger partial charge < -0.3 is 15.2 Å². The highest BCUT2D eigenvalue weighted by atomic mass is 16.5. The minimum Gasteiger partial charge on any atom is -0.467 e. The van der Waals surface area contributed by atoms with Crippen LogP contribution in [0, 0.1) is 0 Å². The molecular formula is C18H21N3O2. The van der Waals surface area contributed by atoms with Crippen molar-refractivity contribution < 1.29 is 9.47 Å². The lowest BCUT2D eigenvalue weighted by Gasteiger charge is -2.21. The van der Waals surface area contributed by atoms with Gasteiger partial charge in [-0.1, -0.05) is 18.2 Å². The molecule has 120 valence electrons. The van der Waals surface area contributed by atoms with Gasteiger partial charge in [0.2, 0.25) is 5.88 Å². The number of benzene rings is 1. The first-order chi connectivity index (χ1) is 10.8. The van der Waals surface area contributed by atoms with E-state index in [0.717, 1.165) is 17.1 Å². The molecular weight excluding hydrogens is 290 g/mol. The van der Waals surface area contributed by atoms with Crippen molar-refractivity contribution in [3.63, 3.8) is 0 Å². The fraction of sp³-hybridized carbons (Fsp3) is 0.333. The van der Waals surface area contributed by atoms with E-state index in [-0.39, 0.29) is 0 Å². The van der Waals surface area contributed by atoms with E-state index in [9.17, 15) is 0 Å². The van der Waals surface area contributed by atoms with Crippen LogP contribution in [-0.2, 0) is 9.47 Å². The Morgan fingerprint density at radius 2 is 1.43 bits per heavy atom. The average molecular weight is 311 g/mol. The number of aliphatic imine (C=N–C) groups is 2. The molecule has 0 saturated heterocycles. The minimum absolute atomic E-state index is 0.366. The van der Waals surface area contributed by atoms with Crippen LogP contribution in [-0.4, -0.2) is 22.6 Å². The van der Waals surface area contributed by atoms with E-state index in [1.165, 1.54) is 0 Å². The van der Waals surface area contributed by atoms with Crippen LogP contribution < -0.4 is 5.73 Å². The van der Waals surface area contributed by atoms with Gasteiger partial charge in [-0.15, -0.1) is 0 Å². The fourth-order valence-electron chi connectivity index (χ4n) is 2.47. The predicted molar refractivity (Wildman–Crippen MR) is 91.7 cm³/mol. The maximum atomic E-state index is 5.94. The number of ether oxygens (including phenoxy) is 2. The zero-order chi connectivity index (χ0) is 16.7. The summed E-state index contributed by atoms with van der Waals surface area (Å²) in [5.41, 5.74) is 7.09. The molecule has 0 saturated carbocycles. The highest BCUT2D eigenvalue weighted by molar-refractivity contribution is 6.07. The van der Waals surface area contributed by atoms with E-state index in [2.05, 4.69) is 9.98 Å². The highest BCUT2D eigenvalue weighted by Crippen LogP contribution is 2.31. The normalized spacial score (nSPS) is 25.0. The second kappa shape index (κ2) is 5.26. The molecule has 2 aliphatic rings. The number of hydrogen-bond donors (Lipinski definition) is 1. The molecule has 0 radical (unpaired) electrons. The van der Waals surface area contributed by atoms with Gasteiger partial charge in [0, 0.05) is 12.2 Å². The fourth-order valence-corrected chi connectivity index (χ4v) is 2.47. The van der Waals surface area contributed by atoms with Crippen LogP contribution >= 0.6 is 0 Å². The molecule has 0 fully saturated rings. The molecule has 0 aromatic heterocycles. The van der Waals surface area contributed by atoms with E-state index < -0.39 is 11.2 Å². The molecule has 1 aromatic rings. The summed E-state index contributed by atoms with van der Waals surface area (Å²) in [5, 5.41) is 0. The first-order valence-electron chi connectivity index (χ1n) is 7.56. The third kappa shape index (κ3) is 3.13. The summed E-state index contributed by atoms with van der Waals surface area (Å²) >= 11 is 0. The number of hydrogen-bond acceptors (Lipinski definition) is 5. The second-order valence-electron chi connectivity index (χ2n) is 6.58. The van der Waals surface area contributed by atoms with E-state index in [4.69, 9.17) is 15.2 Å². The highest BCUT2D eigenvalue weighted by Gasteiger charge is 2.36. The molecule has 23 heavy (non-hydrogen) atoms. The number of rotatable bonds is 2. The maximum absolute atomic E-state index is 5.94. The lowest BCUT2D eigenvalue weighted by Crippen LogP contribution is -2.30. The topological polar surface area (TPSA) is 69.2 Å². The first kappa shape index (κ1) is 15.3. The SMILES string of the molecule is CC1(C)OC(/N=C2/C=C(N)OC2(C)C)=CC1=Nc1ccccc1. The first-order valence-corrected chi connectivity index (χ1v) is 7.56. The van der Waals surface area contributed by atoms with Crippen molar-refractivity contribution in [1.29, 1.82) is 0 Å². The van der Waals surface area contributed by atoms with Gasteiger partial charge in [-0.3, -0.25) is 0 Å². The van der Waals surface area contributed by atoms with E-state index in [0.29, 0.717) is 11.8 Å². The van der Waals surface area contributed by atoms with E-state index >= 15 is 0 Å². The molecule has 5 nitrogen and oxygen atoms in total. The second-order valence-corrected chi connectivity index (χ2v) is 6.58. The van der Waals surface area contributed by atoms with Crippen molar-refractivity contribution in [3.05, 3.63) is 54.3 Å². The van der Waals surface area contributed by atoms with Gasteiger partial charge in [0.1, 0.15) is 11.2 Å². The summed E-state index contributed by atoms with van der Waals surface area (Å²) < 4.78 is 11.5. The molecule has 5 heteroatoms. The van der Waals surface area contributed by atoms with Crippen molar-refractivity contribution in [3.8, 4) is 0 Å². The van der Waals surface area contributed by atoms with Crippen molar-refractivity contribution in [1.82, 2.24) is 0 Å². The van der Waals surface area contributed by atoms with Crippen LogP contribution in [0.4, 0.5) is 5.69 Å². The van der Waals surface area contributed by atoms with Crippen molar-refractivity contribution >= 4 is 17.1 Å². The molecule has 0 aliphatic carbocycles. The lowest BCUT2D eigenvalue weighted by molar-refractivity contribution is 0.0999. The zero-order valence-electron chi connectivity index (χ0n) is 13.8. The van der Waals surface area contributed by atoms with Crippen LogP contribution in [0.2, 0.25) is 0 Å². The third-order valence-corrected chi connectivity index (χ3v) is 3.74. The van der Waals surface area contributed by atoms with Gasteiger partial charge in [-0.05, 0) is 39.8 Å². The Morgan fingerprint density at radius 1 is 0.826 bits per heavy atom. The summed E-state index contributed by atoms with van der Waals surface area (Å²) in [7, 11) is 0. The largest absolute Gasteiger partial charge is 0.467 e. The van der Waals surface area contributed by atoms with Gasteiger partial charge >= 0.3 is 0 Å². The van der Waals surface area contributed by atoms with Crippen LogP contribution in [0.15, 0.2) is 64.2 Å². The van der Waals surface area contributed by atoms with Crippen molar-refractivity contribution in [2.75, 3.05) is 0 Å². The third-order valence-electron chi connectivity index (χ3n) is 3.74. The summed E-state index contributed by atoms with van der Waals surface area (Å²) in [6.07, 6.45) is 3.59. The van der Waals surface area contributed by atoms with Gasteiger partial charge in [0.25, 0.3) is 0 Å². The van der Waals surface area contributed by atoms with Crippen molar-refractivity contribution in [2.45, 2.75) is 38.9 Å². The van der Waals surface area contributed by atoms with Crippen molar-refractivity contribution in [2.24, 2.45) is 15.7 Å². The Bertz CT molecular complexity index is 741. The standard InChI is InChI=1S/C18H21N3O2/c1-17(2)13(10-15(19)22-17)21-16-11-14(18(3,4)23-16)20-12-8-6-5-7-9-12/h5-11H,19H2,1-4H3/b20-14?,21-13-. The number of nitrogens with two attached hydrogens (primary N) is 1. The maximum Gasteiger partial charge on any atom is 0.216 e. The molecule has 0 atom stereocenters. The molecule has 3 rings (SSSR count). The Balaban J connectivity index is 1.94. The predicted octanol–water partition coefficient (Wildman–Crippen LogP) is 3.46. The summed E-state index contributed by atoms with van der Waals surface area (Å²) in [6, 6.07) is 9.79. The molecule has 0 unspecified atom stereocenters. The van der Waals surface area contributed by atoms with Crippen LogP contribution in [0.1, 0.15) is 27.7 Å². The Labute approximate surface area is 136 Å². The van der Waals surface area contributed by atoms with E-state index in [1.54, 1.807) is 6.08 Å². The molecule has 2 N–H and O–H groups in total. The molecule has 1 aromatic carbocycles. The van der Waals surface area contributed by atoms with Gasteiger partial charge in [0.05, 0.1) is 17.1 Å². The molecule has 2 heterocycles. The minimum atomic E-state index is -0.558. The van der Waals surface area contributed by atoms with Crippen LogP contribution in [0.5, 0.6) is 0 Å². The van der Waals surface area contributed by atoms with Crippen LogP contribution in [0.25, 0.3) is 0 Å². The lowest BCUT2D eigenvalue weighted by atomic mass is 10.0. The monoisotopic (exact) mass is 311 g/mol. The smallest absolute Gasteiger partial charge is 0.216 e. The Hall–Kier alpha value is -2.56. The number of nitrogens with zero attached hydrogens (tertiary/aromatic N) is 2. The van der Waals surface area contributed by atoms with Gasteiger partial charge in [-0.25, -0.2) is 9.98 Å². The van der Waals surface area contributed by atoms with E-state index in [1.807, 2.05) is 64.1 Å². The molecule has 2 aliphatic heterocycles. The summed E-state index contributed by atoms with van der Waals surface area (Å²) in [4.78, 5) is 9.22. The molecule has 0 amide bonds. The Kier molecular flexibility index (Phi) is 3.51. The van der Waals surface area contributed by atoms with Gasteiger partial charge in [0.15, 0.2) is 5.88 Å². The molecule has 0 bridgehead atoms. The summed E-state index contributed by atoms with van der Waals surface area (Å²) in [6.45, 7) is 7.78. The van der Waals surface area contributed by atoms with Crippen LogP contribution in [0.3, 0.4) is 0 Å². The molecule has 0 spiro atoms. The number of para-hydroxylation sites is 1. The Morgan fingerprint density at radius 3 is 2.04 bits per heavy atom.